The molecule has 0 radical (unpaired) electrons. The van der Waals surface area contributed by atoms with E-state index in [4.69, 9.17) is 14.2 Å². The zero-order valence-electron chi connectivity index (χ0n) is 23.5. The Morgan fingerprint density at radius 3 is 2.65 bits per heavy atom. The second kappa shape index (κ2) is 13.3. The SMILES string of the molecule is CCS(=O)(=O)C(C)OCc1nc(-c2cc3c(Nc4ccc(OCc5cccc(F)c5)c(Br)c4)ncnc3cc2OC)cs1. The van der Waals surface area contributed by atoms with Gasteiger partial charge >= 0.3 is 0 Å². The average molecular weight is 688 g/mol. The molecule has 5 aromatic rings. The molecule has 0 amide bonds. The van der Waals surface area contributed by atoms with Crippen LogP contribution in [0.1, 0.15) is 24.4 Å². The van der Waals surface area contributed by atoms with Gasteiger partial charge in [0.15, 0.2) is 15.3 Å². The van der Waals surface area contributed by atoms with E-state index in [1.165, 1.54) is 36.7 Å². The molecule has 0 saturated carbocycles. The maximum absolute atomic E-state index is 13.5. The van der Waals surface area contributed by atoms with Crippen molar-refractivity contribution in [3.63, 3.8) is 0 Å². The van der Waals surface area contributed by atoms with Gasteiger partial charge < -0.3 is 19.5 Å². The Morgan fingerprint density at radius 1 is 1.07 bits per heavy atom. The van der Waals surface area contributed by atoms with Gasteiger partial charge in [-0.25, -0.2) is 27.8 Å². The summed E-state index contributed by atoms with van der Waals surface area (Å²) in [5.74, 6) is 1.47. The normalized spacial score (nSPS) is 12.3. The topological polar surface area (TPSA) is 113 Å². The van der Waals surface area contributed by atoms with Crippen LogP contribution in [-0.4, -0.2) is 41.7 Å². The monoisotopic (exact) mass is 686 g/mol. The standard InChI is InChI=1S/C30H28BrFN4O5S2/c1-4-43(37,38)18(2)40-15-29-36-26(16-42-29)22-12-23-25(13-28(22)39-3)33-17-34-30(23)35-21-8-9-27(24(31)11-21)41-14-19-6-5-7-20(32)10-19/h5-13,16-18H,4,14-15H2,1-3H3,(H,33,34,35). The summed E-state index contributed by atoms with van der Waals surface area (Å²) in [5.41, 5.74) is 2.63. The number of aromatic nitrogens is 3. The van der Waals surface area contributed by atoms with Crippen LogP contribution < -0.4 is 14.8 Å². The average Bonchev–Trinajstić information content (AvgIpc) is 3.48. The van der Waals surface area contributed by atoms with Gasteiger partial charge in [0.05, 0.1) is 22.8 Å². The number of hydrogen-bond donors (Lipinski definition) is 1. The molecule has 3 aromatic carbocycles. The Hall–Kier alpha value is -3.65. The lowest BCUT2D eigenvalue weighted by Gasteiger charge is -2.14. The zero-order chi connectivity index (χ0) is 30.6. The van der Waals surface area contributed by atoms with Crippen molar-refractivity contribution in [3.8, 4) is 22.8 Å². The van der Waals surface area contributed by atoms with Crippen LogP contribution in [0.15, 0.2) is 70.8 Å². The van der Waals surface area contributed by atoms with Crippen LogP contribution in [0.5, 0.6) is 11.5 Å². The van der Waals surface area contributed by atoms with Crippen molar-refractivity contribution >= 4 is 59.5 Å². The zero-order valence-corrected chi connectivity index (χ0v) is 26.7. The van der Waals surface area contributed by atoms with Crippen molar-refractivity contribution in [2.24, 2.45) is 0 Å². The predicted molar refractivity (Wildman–Crippen MR) is 169 cm³/mol. The van der Waals surface area contributed by atoms with Gasteiger partial charge in [0.25, 0.3) is 0 Å². The number of methoxy groups -OCH3 is 1. The predicted octanol–water partition coefficient (Wildman–Crippen LogP) is 7.28. The number of halogens is 2. The molecule has 5 rings (SSSR count). The van der Waals surface area contributed by atoms with Gasteiger partial charge in [0.1, 0.15) is 47.7 Å². The second-order valence-corrected chi connectivity index (χ2v) is 13.8. The summed E-state index contributed by atoms with van der Waals surface area (Å²) in [7, 11) is -1.73. The van der Waals surface area contributed by atoms with E-state index in [0.29, 0.717) is 38.0 Å². The van der Waals surface area contributed by atoms with Gasteiger partial charge in [-0.05, 0) is 64.8 Å². The van der Waals surface area contributed by atoms with Crippen molar-refractivity contribution < 1.29 is 27.0 Å². The fourth-order valence-corrected chi connectivity index (χ4v) is 6.15. The lowest BCUT2D eigenvalue weighted by Crippen LogP contribution is -2.22. The third-order valence-corrected chi connectivity index (χ3v) is 10.0. The minimum atomic E-state index is -3.31. The molecule has 43 heavy (non-hydrogen) atoms. The van der Waals surface area contributed by atoms with Crippen molar-refractivity contribution in [1.82, 2.24) is 15.0 Å². The van der Waals surface area contributed by atoms with Crippen LogP contribution in [0.3, 0.4) is 0 Å². The molecule has 0 fully saturated rings. The molecule has 0 saturated heterocycles. The highest BCUT2D eigenvalue weighted by molar-refractivity contribution is 9.10. The lowest BCUT2D eigenvalue weighted by molar-refractivity contribution is 0.103. The molecule has 1 N–H and O–H groups in total. The van der Waals surface area contributed by atoms with Crippen molar-refractivity contribution in [1.29, 1.82) is 0 Å². The maximum atomic E-state index is 13.5. The fraction of sp³-hybridized carbons (Fsp3) is 0.233. The van der Waals surface area contributed by atoms with Gasteiger partial charge in [-0.1, -0.05) is 19.1 Å². The number of fused-ring (bicyclic) bond motifs is 1. The smallest absolute Gasteiger partial charge is 0.176 e. The summed E-state index contributed by atoms with van der Waals surface area (Å²) in [6, 6.07) is 15.6. The van der Waals surface area contributed by atoms with E-state index < -0.39 is 15.3 Å². The quantitative estimate of drug-likeness (QED) is 0.145. The first-order valence-electron chi connectivity index (χ1n) is 13.2. The van der Waals surface area contributed by atoms with E-state index in [-0.39, 0.29) is 24.8 Å². The highest BCUT2D eigenvalue weighted by Gasteiger charge is 2.20. The van der Waals surface area contributed by atoms with Gasteiger partial charge in [-0.3, -0.25) is 0 Å². The first-order valence-corrected chi connectivity index (χ1v) is 16.6. The Bertz CT molecular complexity index is 1870. The number of nitrogens with zero attached hydrogens (tertiary/aromatic N) is 3. The molecular weight excluding hydrogens is 659 g/mol. The Kier molecular flexibility index (Phi) is 9.55. The summed E-state index contributed by atoms with van der Waals surface area (Å²) in [6.45, 7) is 3.43. The molecule has 2 aromatic heterocycles. The second-order valence-electron chi connectivity index (χ2n) is 9.44. The summed E-state index contributed by atoms with van der Waals surface area (Å²) >= 11 is 4.93. The number of ether oxygens (including phenoxy) is 3. The summed E-state index contributed by atoms with van der Waals surface area (Å²) < 4.78 is 55.4. The number of sulfone groups is 1. The van der Waals surface area contributed by atoms with Gasteiger partial charge in [0.2, 0.25) is 0 Å². The molecule has 2 heterocycles. The maximum Gasteiger partial charge on any atom is 0.176 e. The first kappa shape index (κ1) is 30.8. The number of benzene rings is 3. The molecule has 224 valence electrons. The highest BCUT2D eigenvalue weighted by Crippen LogP contribution is 2.37. The largest absolute Gasteiger partial charge is 0.496 e. The van der Waals surface area contributed by atoms with Crippen LogP contribution in [0.25, 0.3) is 22.2 Å². The molecule has 9 nitrogen and oxygen atoms in total. The molecule has 0 aliphatic carbocycles. The minimum absolute atomic E-state index is 0.00938. The summed E-state index contributed by atoms with van der Waals surface area (Å²) in [5, 5.41) is 6.61. The van der Waals surface area contributed by atoms with E-state index in [0.717, 1.165) is 22.2 Å². The number of anilines is 2. The number of thiazole rings is 1. The molecule has 0 spiro atoms. The molecule has 0 bridgehead atoms. The number of hydrogen-bond acceptors (Lipinski definition) is 10. The van der Waals surface area contributed by atoms with Crippen LogP contribution >= 0.6 is 27.3 Å². The number of nitrogens with one attached hydrogen (secondary N) is 1. The van der Waals surface area contributed by atoms with Crippen LogP contribution in [0.2, 0.25) is 0 Å². The van der Waals surface area contributed by atoms with Crippen molar-refractivity contribution in [2.45, 2.75) is 32.5 Å². The summed E-state index contributed by atoms with van der Waals surface area (Å²) in [4.78, 5) is 13.6. The fourth-order valence-electron chi connectivity index (χ4n) is 4.20. The van der Waals surface area contributed by atoms with Gasteiger partial charge in [-0.2, -0.15) is 0 Å². The molecule has 0 aliphatic rings. The molecule has 0 aliphatic heterocycles. The first-order chi connectivity index (χ1) is 20.7. The highest BCUT2D eigenvalue weighted by atomic mass is 79.9. The van der Waals surface area contributed by atoms with Crippen LogP contribution in [-0.2, 0) is 27.8 Å². The molecule has 1 unspecified atom stereocenters. The third-order valence-electron chi connectivity index (χ3n) is 6.61. The van der Waals surface area contributed by atoms with Crippen molar-refractivity contribution in [3.05, 3.63) is 87.2 Å². The van der Waals surface area contributed by atoms with Gasteiger partial charge in [0, 0.05) is 33.8 Å². The van der Waals surface area contributed by atoms with E-state index in [1.54, 1.807) is 26.2 Å². The van der Waals surface area contributed by atoms with Gasteiger partial charge in [-0.15, -0.1) is 11.3 Å². The van der Waals surface area contributed by atoms with E-state index in [2.05, 4.69) is 36.2 Å². The lowest BCUT2D eigenvalue weighted by atomic mass is 10.1. The minimum Gasteiger partial charge on any atom is -0.496 e. The Labute approximate surface area is 261 Å². The third kappa shape index (κ3) is 7.29. The molecule has 1 atom stereocenters. The number of rotatable bonds is 12. The van der Waals surface area contributed by atoms with Crippen LogP contribution in [0, 0.1) is 5.82 Å². The molecule has 13 heteroatoms. The van der Waals surface area contributed by atoms with Crippen molar-refractivity contribution in [2.75, 3.05) is 18.2 Å². The summed E-state index contributed by atoms with van der Waals surface area (Å²) in [6.07, 6.45) is 1.47. The Morgan fingerprint density at radius 2 is 1.91 bits per heavy atom. The van der Waals surface area contributed by atoms with E-state index in [1.807, 2.05) is 35.7 Å². The van der Waals surface area contributed by atoms with E-state index >= 15 is 0 Å². The molecular formula is C30H28BrFN4O5S2. The van der Waals surface area contributed by atoms with E-state index in [9.17, 15) is 12.8 Å². The van der Waals surface area contributed by atoms with Crippen LogP contribution in [0.4, 0.5) is 15.9 Å². The Balaban J connectivity index is 1.37.